The van der Waals surface area contributed by atoms with Crippen LogP contribution in [-0.4, -0.2) is 29.9 Å². The predicted octanol–water partition coefficient (Wildman–Crippen LogP) is 2.97. The van der Waals surface area contributed by atoms with Crippen molar-refractivity contribution in [1.29, 1.82) is 5.26 Å². The Morgan fingerprint density at radius 3 is 2.71 bits per heavy atom. The van der Waals surface area contributed by atoms with E-state index in [1.807, 2.05) is 0 Å². The van der Waals surface area contributed by atoms with Crippen molar-refractivity contribution in [3.05, 3.63) is 52.2 Å². The van der Waals surface area contributed by atoms with Crippen LogP contribution < -0.4 is 10.6 Å². The first-order valence-electron chi connectivity index (χ1n) is 8.75. The Kier molecular flexibility index (Phi) is 5.76. The second-order valence-corrected chi connectivity index (χ2v) is 7.67. The molecule has 1 aliphatic rings. The molecule has 0 spiro atoms. The predicted molar refractivity (Wildman–Crippen MR) is 104 cm³/mol. The fraction of sp³-hybridized carbons (Fsp3) is 0.300. The Labute approximate surface area is 166 Å². The summed E-state index contributed by atoms with van der Waals surface area (Å²) >= 11 is 1.31. The van der Waals surface area contributed by atoms with E-state index in [1.54, 1.807) is 36.6 Å². The average Bonchev–Trinajstić information content (AvgIpc) is 3.41. The van der Waals surface area contributed by atoms with Gasteiger partial charge < -0.3 is 15.4 Å². The van der Waals surface area contributed by atoms with Crippen LogP contribution in [0.5, 0.6) is 0 Å². The Bertz CT molecular complexity index is 931. The van der Waals surface area contributed by atoms with E-state index in [0.29, 0.717) is 10.6 Å². The molecule has 1 aliphatic carbocycles. The summed E-state index contributed by atoms with van der Waals surface area (Å²) in [5.74, 6) is -1.34. The molecule has 0 aliphatic heterocycles. The molecule has 0 unspecified atom stereocenters. The van der Waals surface area contributed by atoms with Gasteiger partial charge in [0.25, 0.3) is 11.8 Å². The van der Waals surface area contributed by atoms with Crippen molar-refractivity contribution < 1.29 is 19.1 Å². The molecule has 0 radical (unpaired) electrons. The number of thiophene rings is 1. The number of ether oxygens (including phenoxy) is 1. The molecule has 0 saturated heterocycles. The zero-order valence-electron chi connectivity index (χ0n) is 15.2. The Balaban J connectivity index is 1.55. The highest BCUT2D eigenvalue weighted by molar-refractivity contribution is 7.12. The van der Waals surface area contributed by atoms with Crippen molar-refractivity contribution in [2.75, 3.05) is 11.9 Å². The highest BCUT2D eigenvalue weighted by Crippen LogP contribution is 2.39. The maximum absolute atomic E-state index is 12.2. The van der Waals surface area contributed by atoms with Gasteiger partial charge in [-0.05, 0) is 55.3 Å². The standard InChI is InChI=1S/C20H19N3O4S/c1-20(12-21,14-7-8-14)23-17(24)11-27-19(26)13-4-2-5-15(10-13)22-18(25)16-6-3-9-28-16/h2-6,9-10,14H,7-8,11H2,1H3,(H,22,25)(H,23,24)/t20-/m0/s1. The van der Waals surface area contributed by atoms with Gasteiger partial charge in [-0.25, -0.2) is 4.79 Å². The van der Waals surface area contributed by atoms with E-state index in [2.05, 4.69) is 16.7 Å². The monoisotopic (exact) mass is 397 g/mol. The molecule has 1 saturated carbocycles. The summed E-state index contributed by atoms with van der Waals surface area (Å²) in [5, 5.41) is 16.4. The number of carbonyl (C=O) groups excluding carboxylic acids is 3. The van der Waals surface area contributed by atoms with Crippen LogP contribution in [0.3, 0.4) is 0 Å². The lowest BCUT2D eigenvalue weighted by Gasteiger charge is -2.22. The fourth-order valence-corrected chi connectivity index (χ4v) is 3.37. The third kappa shape index (κ3) is 4.75. The van der Waals surface area contributed by atoms with Crippen LogP contribution in [0.1, 0.15) is 39.8 Å². The van der Waals surface area contributed by atoms with Gasteiger partial charge in [-0.3, -0.25) is 9.59 Å². The summed E-state index contributed by atoms with van der Waals surface area (Å²) in [6, 6.07) is 11.9. The number of esters is 1. The average molecular weight is 397 g/mol. The van der Waals surface area contributed by atoms with E-state index < -0.39 is 24.0 Å². The van der Waals surface area contributed by atoms with Crippen molar-refractivity contribution in [1.82, 2.24) is 5.32 Å². The smallest absolute Gasteiger partial charge is 0.338 e. The maximum Gasteiger partial charge on any atom is 0.338 e. The van der Waals surface area contributed by atoms with Gasteiger partial charge in [0, 0.05) is 5.69 Å². The van der Waals surface area contributed by atoms with Gasteiger partial charge in [-0.2, -0.15) is 5.26 Å². The summed E-state index contributed by atoms with van der Waals surface area (Å²) in [7, 11) is 0. The number of rotatable bonds is 7. The van der Waals surface area contributed by atoms with Gasteiger partial charge in [0.05, 0.1) is 16.5 Å². The molecule has 144 valence electrons. The fourth-order valence-electron chi connectivity index (χ4n) is 2.75. The van der Waals surface area contributed by atoms with E-state index in [9.17, 15) is 19.6 Å². The Hall–Kier alpha value is -3.18. The van der Waals surface area contributed by atoms with Crippen molar-refractivity contribution in [2.24, 2.45) is 5.92 Å². The second kappa shape index (κ2) is 8.23. The first-order chi connectivity index (χ1) is 13.4. The molecular weight excluding hydrogens is 378 g/mol. The minimum Gasteiger partial charge on any atom is -0.452 e. The lowest BCUT2D eigenvalue weighted by molar-refractivity contribution is -0.125. The van der Waals surface area contributed by atoms with E-state index in [4.69, 9.17) is 4.74 Å². The Morgan fingerprint density at radius 1 is 1.29 bits per heavy atom. The first kappa shape index (κ1) is 19.6. The van der Waals surface area contributed by atoms with Crippen LogP contribution in [0.15, 0.2) is 41.8 Å². The van der Waals surface area contributed by atoms with Gasteiger partial charge in [0.2, 0.25) is 0 Å². The molecule has 1 atom stereocenters. The molecule has 1 fully saturated rings. The number of carbonyl (C=O) groups is 3. The van der Waals surface area contributed by atoms with Gasteiger partial charge in [0.15, 0.2) is 6.61 Å². The van der Waals surface area contributed by atoms with Crippen LogP contribution in [-0.2, 0) is 9.53 Å². The van der Waals surface area contributed by atoms with Crippen molar-refractivity contribution >= 4 is 34.8 Å². The van der Waals surface area contributed by atoms with Crippen LogP contribution in [0.2, 0.25) is 0 Å². The zero-order chi connectivity index (χ0) is 20.1. The lowest BCUT2D eigenvalue weighted by Crippen LogP contribution is -2.48. The number of amides is 2. The maximum atomic E-state index is 12.2. The third-order valence-electron chi connectivity index (χ3n) is 4.46. The van der Waals surface area contributed by atoms with E-state index in [1.165, 1.54) is 23.5 Å². The Morgan fingerprint density at radius 2 is 2.07 bits per heavy atom. The van der Waals surface area contributed by atoms with Crippen molar-refractivity contribution in [2.45, 2.75) is 25.3 Å². The van der Waals surface area contributed by atoms with Crippen LogP contribution in [0.25, 0.3) is 0 Å². The van der Waals surface area contributed by atoms with E-state index in [0.717, 1.165) is 12.8 Å². The van der Waals surface area contributed by atoms with Crippen LogP contribution in [0.4, 0.5) is 5.69 Å². The SMILES string of the molecule is C[C@@](C#N)(NC(=O)COC(=O)c1cccc(NC(=O)c2cccs2)c1)C1CC1. The summed E-state index contributed by atoms with van der Waals surface area (Å²) in [4.78, 5) is 36.9. The van der Waals surface area contributed by atoms with Crippen molar-refractivity contribution in [3.63, 3.8) is 0 Å². The lowest BCUT2D eigenvalue weighted by atomic mass is 9.98. The number of benzene rings is 1. The summed E-state index contributed by atoms with van der Waals surface area (Å²) in [5.41, 5.74) is -0.278. The number of nitriles is 1. The molecule has 1 aromatic heterocycles. The van der Waals surface area contributed by atoms with Gasteiger partial charge in [-0.1, -0.05) is 12.1 Å². The van der Waals surface area contributed by atoms with Gasteiger partial charge in [-0.15, -0.1) is 11.3 Å². The molecule has 7 nitrogen and oxygen atoms in total. The highest BCUT2D eigenvalue weighted by atomic mass is 32.1. The zero-order valence-corrected chi connectivity index (χ0v) is 16.0. The van der Waals surface area contributed by atoms with Gasteiger partial charge in [0.1, 0.15) is 5.54 Å². The number of hydrogen-bond donors (Lipinski definition) is 2. The molecule has 1 aromatic carbocycles. The molecule has 2 aromatic rings. The summed E-state index contributed by atoms with van der Waals surface area (Å²) in [6.45, 7) is 1.19. The molecule has 28 heavy (non-hydrogen) atoms. The number of nitrogens with one attached hydrogen (secondary N) is 2. The minimum atomic E-state index is -0.935. The number of nitrogens with zero attached hydrogens (tertiary/aromatic N) is 1. The summed E-state index contributed by atoms with van der Waals surface area (Å²) in [6.07, 6.45) is 1.79. The second-order valence-electron chi connectivity index (χ2n) is 6.72. The normalized spacial score (nSPS) is 15.0. The quantitative estimate of drug-likeness (QED) is 0.698. The highest BCUT2D eigenvalue weighted by Gasteiger charge is 2.43. The van der Waals surface area contributed by atoms with E-state index >= 15 is 0 Å². The first-order valence-corrected chi connectivity index (χ1v) is 9.63. The molecule has 0 bridgehead atoms. The van der Waals surface area contributed by atoms with Crippen molar-refractivity contribution in [3.8, 4) is 6.07 Å². The molecule has 3 rings (SSSR count). The van der Waals surface area contributed by atoms with Crippen LogP contribution in [0, 0.1) is 17.2 Å². The number of hydrogen-bond acceptors (Lipinski definition) is 6. The van der Waals surface area contributed by atoms with E-state index in [-0.39, 0.29) is 17.4 Å². The molecule has 2 amide bonds. The van der Waals surface area contributed by atoms with Crippen LogP contribution >= 0.6 is 11.3 Å². The molecule has 1 heterocycles. The molecular formula is C20H19N3O4S. The van der Waals surface area contributed by atoms with Gasteiger partial charge >= 0.3 is 5.97 Å². The topological polar surface area (TPSA) is 108 Å². The molecule has 2 N–H and O–H groups in total. The summed E-state index contributed by atoms with van der Waals surface area (Å²) < 4.78 is 5.04. The molecule has 8 heteroatoms. The minimum absolute atomic E-state index is 0.140. The third-order valence-corrected chi connectivity index (χ3v) is 5.33. The largest absolute Gasteiger partial charge is 0.452 e. The number of anilines is 1.